The summed E-state index contributed by atoms with van der Waals surface area (Å²) in [7, 11) is 0. The van der Waals surface area contributed by atoms with Gasteiger partial charge in [0.25, 0.3) is 0 Å². The first-order valence-electron chi connectivity index (χ1n) is 8.22. The first-order chi connectivity index (χ1) is 10.5. The highest BCUT2D eigenvalue weighted by Gasteiger charge is 2.34. The summed E-state index contributed by atoms with van der Waals surface area (Å²) in [6.07, 6.45) is 1.65. The number of hydrogen-bond donors (Lipinski definition) is 3. The molecule has 0 saturated heterocycles. The molecule has 128 valence electrons. The average Bonchev–Trinajstić information content (AvgIpc) is 2.44. The number of likely N-dealkylation sites (N-methyl/N-ethyl adjacent to an activating group) is 2. The summed E-state index contributed by atoms with van der Waals surface area (Å²) < 4.78 is 0. The van der Waals surface area contributed by atoms with E-state index in [-0.39, 0.29) is 24.7 Å². The van der Waals surface area contributed by atoms with Crippen LogP contribution in [0.4, 0.5) is 4.79 Å². The third-order valence-corrected chi connectivity index (χ3v) is 4.32. The van der Waals surface area contributed by atoms with Crippen LogP contribution < -0.4 is 10.6 Å². The highest BCUT2D eigenvalue weighted by Crippen LogP contribution is 2.25. The van der Waals surface area contributed by atoms with Gasteiger partial charge in [-0.2, -0.15) is 0 Å². The molecule has 1 aliphatic rings. The van der Waals surface area contributed by atoms with Crippen LogP contribution in [-0.2, 0) is 4.79 Å². The maximum atomic E-state index is 11.8. The minimum absolute atomic E-state index is 0.0734. The van der Waals surface area contributed by atoms with E-state index < -0.39 is 5.97 Å². The molecule has 0 spiro atoms. The molecule has 1 saturated carbocycles. The lowest BCUT2D eigenvalue weighted by Crippen LogP contribution is -2.56. The van der Waals surface area contributed by atoms with E-state index in [1.807, 2.05) is 11.8 Å². The van der Waals surface area contributed by atoms with Crippen molar-refractivity contribution in [3.8, 4) is 0 Å². The molecule has 0 heterocycles. The number of nitrogens with one attached hydrogen (secondary N) is 2. The fourth-order valence-electron chi connectivity index (χ4n) is 2.78. The number of rotatable bonds is 10. The zero-order valence-corrected chi connectivity index (χ0v) is 14.0. The number of carboxylic acids is 1. The van der Waals surface area contributed by atoms with E-state index in [4.69, 9.17) is 5.11 Å². The molecule has 7 heteroatoms. The van der Waals surface area contributed by atoms with Crippen molar-refractivity contribution in [1.82, 2.24) is 20.4 Å². The number of hydrogen-bond acceptors (Lipinski definition) is 4. The number of amides is 2. The van der Waals surface area contributed by atoms with Crippen molar-refractivity contribution in [2.24, 2.45) is 0 Å². The quantitative estimate of drug-likeness (QED) is 0.549. The van der Waals surface area contributed by atoms with Crippen molar-refractivity contribution < 1.29 is 14.7 Å². The summed E-state index contributed by atoms with van der Waals surface area (Å²) >= 11 is 0. The van der Waals surface area contributed by atoms with Gasteiger partial charge in [0, 0.05) is 25.2 Å². The predicted octanol–water partition coefficient (Wildman–Crippen LogP) is 0.565. The van der Waals surface area contributed by atoms with Crippen LogP contribution in [0.25, 0.3) is 0 Å². The molecule has 22 heavy (non-hydrogen) atoms. The minimum Gasteiger partial charge on any atom is -0.480 e. The van der Waals surface area contributed by atoms with Crippen LogP contribution in [0.3, 0.4) is 0 Å². The lowest BCUT2D eigenvalue weighted by molar-refractivity contribution is -0.139. The summed E-state index contributed by atoms with van der Waals surface area (Å²) in [5, 5.41) is 14.7. The minimum atomic E-state index is -0.799. The summed E-state index contributed by atoms with van der Waals surface area (Å²) in [5.74, 6) is -0.799. The van der Waals surface area contributed by atoms with Crippen molar-refractivity contribution in [1.29, 1.82) is 0 Å². The van der Waals surface area contributed by atoms with E-state index in [2.05, 4.69) is 29.4 Å². The second kappa shape index (κ2) is 9.63. The molecule has 0 atom stereocenters. The Labute approximate surface area is 133 Å². The standard InChI is InChI=1S/C15H30N4O3/c1-4-18(5-2)8-7-16-15(22)17-12-9-13(10-12)19(6-3)11-14(20)21/h12-13H,4-11H2,1-3H3,(H,20,21)(H2,16,17,22). The monoisotopic (exact) mass is 314 g/mol. The Morgan fingerprint density at radius 3 is 2.27 bits per heavy atom. The van der Waals surface area contributed by atoms with Crippen LogP contribution in [0.15, 0.2) is 0 Å². The summed E-state index contributed by atoms with van der Waals surface area (Å²) in [6, 6.07) is 0.292. The highest BCUT2D eigenvalue weighted by atomic mass is 16.4. The van der Waals surface area contributed by atoms with Crippen molar-refractivity contribution in [2.75, 3.05) is 39.3 Å². The van der Waals surface area contributed by atoms with Gasteiger partial charge in [-0.3, -0.25) is 9.69 Å². The van der Waals surface area contributed by atoms with Gasteiger partial charge >= 0.3 is 12.0 Å². The van der Waals surface area contributed by atoms with Gasteiger partial charge in [0.2, 0.25) is 0 Å². The Morgan fingerprint density at radius 2 is 1.77 bits per heavy atom. The zero-order chi connectivity index (χ0) is 16.5. The summed E-state index contributed by atoms with van der Waals surface area (Å²) in [5.41, 5.74) is 0. The second-order valence-corrected chi connectivity index (χ2v) is 5.71. The Balaban J connectivity index is 2.16. The van der Waals surface area contributed by atoms with E-state index in [9.17, 15) is 9.59 Å². The lowest BCUT2D eigenvalue weighted by Gasteiger charge is -2.42. The summed E-state index contributed by atoms with van der Waals surface area (Å²) in [6.45, 7) is 10.4. The lowest BCUT2D eigenvalue weighted by atomic mass is 9.85. The molecule has 1 rings (SSSR count). The summed E-state index contributed by atoms with van der Waals surface area (Å²) in [4.78, 5) is 26.7. The average molecular weight is 314 g/mol. The van der Waals surface area contributed by atoms with E-state index in [1.54, 1.807) is 0 Å². The Morgan fingerprint density at radius 1 is 1.14 bits per heavy atom. The van der Waals surface area contributed by atoms with Crippen LogP contribution in [-0.4, -0.2) is 78.3 Å². The number of aliphatic carboxylic acids is 1. The molecular formula is C15H30N4O3. The van der Waals surface area contributed by atoms with Crippen LogP contribution in [0, 0.1) is 0 Å². The van der Waals surface area contributed by atoms with Crippen molar-refractivity contribution >= 4 is 12.0 Å². The SMILES string of the molecule is CCN(CC)CCNC(=O)NC1CC(N(CC)CC(=O)O)C1. The number of nitrogens with zero attached hydrogens (tertiary/aromatic N) is 2. The molecule has 0 aromatic carbocycles. The molecule has 0 unspecified atom stereocenters. The van der Waals surface area contributed by atoms with Crippen LogP contribution >= 0.6 is 0 Å². The van der Waals surface area contributed by atoms with Gasteiger partial charge in [0.05, 0.1) is 6.54 Å². The molecule has 7 nitrogen and oxygen atoms in total. The topological polar surface area (TPSA) is 84.9 Å². The molecule has 2 amide bonds. The number of carbonyl (C=O) groups excluding carboxylic acids is 1. The molecule has 1 aliphatic carbocycles. The first-order valence-corrected chi connectivity index (χ1v) is 8.22. The number of carbonyl (C=O) groups is 2. The molecule has 0 aliphatic heterocycles. The largest absolute Gasteiger partial charge is 0.480 e. The van der Waals surface area contributed by atoms with Gasteiger partial charge < -0.3 is 20.6 Å². The number of urea groups is 1. The first kappa shape index (κ1) is 18.7. The predicted molar refractivity (Wildman–Crippen MR) is 86.0 cm³/mol. The molecule has 0 bridgehead atoms. The Bertz CT molecular complexity index is 355. The normalized spacial score (nSPS) is 20.8. The zero-order valence-electron chi connectivity index (χ0n) is 14.0. The van der Waals surface area contributed by atoms with Gasteiger partial charge in [-0.1, -0.05) is 20.8 Å². The van der Waals surface area contributed by atoms with Crippen molar-refractivity contribution in [3.63, 3.8) is 0 Å². The van der Waals surface area contributed by atoms with E-state index in [0.717, 1.165) is 39.0 Å². The van der Waals surface area contributed by atoms with Gasteiger partial charge in [0.15, 0.2) is 0 Å². The van der Waals surface area contributed by atoms with Crippen molar-refractivity contribution in [3.05, 3.63) is 0 Å². The van der Waals surface area contributed by atoms with Gasteiger partial charge in [-0.25, -0.2) is 4.79 Å². The second-order valence-electron chi connectivity index (χ2n) is 5.71. The fraction of sp³-hybridized carbons (Fsp3) is 0.867. The van der Waals surface area contributed by atoms with Crippen LogP contribution in [0.5, 0.6) is 0 Å². The van der Waals surface area contributed by atoms with Gasteiger partial charge in [-0.15, -0.1) is 0 Å². The molecule has 1 fully saturated rings. The van der Waals surface area contributed by atoms with E-state index >= 15 is 0 Å². The van der Waals surface area contributed by atoms with Crippen molar-refractivity contribution in [2.45, 2.75) is 45.7 Å². The van der Waals surface area contributed by atoms with Gasteiger partial charge in [0.1, 0.15) is 0 Å². The van der Waals surface area contributed by atoms with Crippen LogP contribution in [0.2, 0.25) is 0 Å². The molecule has 0 radical (unpaired) electrons. The fourth-order valence-corrected chi connectivity index (χ4v) is 2.78. The maximum absolute atomic E-state index is 11.8. The molecule has 0 aromatic rings. The Hall–Kier alpha value is -1.34. The Kier molecular flexibility index (Phi) is 8.19. The third-order valence-electron chi connectivity index (χ3n) is 4.32. The maximum Gasteiger partial charge on any atom is 0.317 e. The molecule has 3 N–H and O–H groups in total. The molecule has 0 aromatic heterocycles. The third kappa shape index (κ3) is 6.19. The van der Waals surface area contributed by atoms with E-state index in [1.165, 1.54) is 0 Å². The molecular weight excluding hydrogens is 284 g/mol. The number of carboxylic acid groups (broad SMARTS) is 1. The smallest absolute Gasteiger partial charge is 0.317 e. The highest BCUT2D eigenvalue weighted by molar-refractivity contribution is 5.74. The van der Waals surface area contributed by atoms with Gasteiger partial charge in [-0.05, 0) is 32.5 Å². The van der Waals surface area contributed by atoms with Crippen LogP contribution in [0.1, 0.15) is 33.6 Å². The van der Waals surface area contributed by atoms with E-state index in [0.29, 0.717) is 6.54 Å².